The summed E-state index contributed by atoms with van der Waals surface area (Å²) in [7, 11) is 1.44. The standard InChI is InChI=1S/C25H30ClF2N5O7/c1-38-24-18(9-13-8-16(30-40-13)12-4-6-32(7-5-12)25(36)37)39-19(11-34)23(35)22(24)33-10-17(29-31-33)14-2-3-15(26)21(28)20(14)27/h2-3,10,12-13,18-19,22-24,34-35H,4-9,11H2,1H3,(H,36,37)/t13?,18-,19-,22+,23+,24+/m1/s1. The monoisotopic (exact) mass is 585 g/mol. The summed E-state index contributed by atoms with van der Waals surface area (Å²) in [5.41, 5.74) is 0.732. The number of aliphatic hydroxyl groups is 2. The van der Waals surface area contributed by atoms with E-state index >= 15 is 0 Å². The van der Waals surface area contributed by atoms with Crippen LogP contribution in [0.25, 0.3) is 11.3 Å². The topological polar surface area (TPSA) is 152 Å². The molecule has 0 aliphatic carbocycles. The van der Waals surface area contributed by atoms with E-state index in [4.69, 9.17) is 25.9 Å². The number of halogens is 3. The second-order valence-electron chi connectivity index (χ2n) is 10.2. The zero-order valence-electron chi connectivity index (χ0n) is 21.6. The molecule has 0 radical (unpaired) electrons. The molecule has 15 heteroatoms. The molecule has 3 N–H and O–H groups in total. The van der Waals surface area contributed by atoms with Crippen molar-refractivity contribution < 1.29 is 43.2 Å². The van der Waals surface area contributed by atoms with E-state index in [2.05, 4.69) is 15.5 Å². The minimum atomic E-state index is -1.26. The third-order valence-corrected chi connectivity index (χ3v) is 8.14. The van der Waals surface area contributed by atoms with Gasteiger partial charge in [-0.05, 0) is 25.0 Å². The van der Waals surface area contributed by atoms with Gasteiger partial charge in [-0.1, -0.05) is 22.0 Å². The number of amides is 1. The molecule has 3 aliphatic rings. The Bertz CT molecular complexity index is 1260. The first-order valence-electron chi connectivity index (χ1n) is 12.9. The van der Waals surface area contributed by atoms with Crippen LogP contribution in [0.1, 0.15) is 31.7 Å². The summed E-state index contributed by atoms with van der Waals surface area (Å²) in [5.74, 6) is -2.26. The number of hydrogen-bond acceptors (Lipinski definition) is 9. The number of aromatic nitrogens is 3. The molecule has 0 bridgehead atoms. The number of rotatable bonds is 7. The van der Waals surface area contributed by atoms with Gasteiger partial charge < -0.3 is 34.5 Å². The molecule has 40 heavy (non-hydrogen) atoms. The highest BCUT2D eigenvalue weighted by Crippen LogP contribution is 2.37. The van der Waals surface area contributed by atoms with E-state index in [1.54, 1.807) is 0 Å². The SMILES string of the molecule is CO[C@@H]1[C@@H](n2cc(-c3ccc(Cl)c(F)c3F)nn2)[C@@H](O)[C@@H](CO)O[C@@H]1CC1CC(C2CCN(C(=O)O)CC2)=NO1. The maximum absolute atomic E-state index is 14.5. The van der Waals surface area contributed by atoms with Crippen molar-refractivity contribution in [3.05, 3.63) is 35.0 Å². The van der Waals surface area contributed by atoms with Gasteiger partial charge in [-0.2, -0.15) is 0 Å². The van der Waals surface area contributed by atoms with Gasteiger partial charge in [-0.3, -0.25) is 0 Å². The van der Waals surface area contributed by atoms with Gasteiger partial charge in [-0.15, -0.1) is 5.10 Å². The number of ether oxygens (including phenoxy) is 2. The number of aliphatic hydroxyl groups excluding tert-OH is 2. The molecule has 2 saturated heterocycles. The van der Waals surface area contributed by atoms with Crippen LogP contribution in [0.3, 0.4) is 0 Å². The molecule has 1 unspecified atom stereocenters. The molecular weight excluding hydrogens is 556 g/mol. The number of nitrogens with zero attached hydrogens (tertiary/aromatic N) is 5. The lowest BCUT2D eigenvalue weighted by molar-refractivity contribution is -0.219. The summed E-state index contributed by atoms with van der Waals surface area (Å²) in [5, 5.41) is 42.1. The van der Waals surface area contributed by atoms with E-state index in [0.717, 1.165) is 5.71 Å². The molecule has 2 fully saturated rings. The Morgan fingerprint density at radius 1 is 1.23 bits per heavy atom. The van der Waals surface area contributed by atoms with Gasteiger partial charge >= 0.3 is 6.09 Å². The Kier molecular flexibility index (Phi) is 8.52. The Hall–Kier alpha value is -2.91. The van der Waals surface area contributed by atoms with Gasteiger partial charge in [0.2, 0.25) is 0 Å². The quantitative estimate of drug-likeness (QED) is 0.416. The molecule has 0 saturated carbocycles. The summed E-state index contributed by atoms with van der Waals surface area (Å²) in [6.07, 6.45) is -1.43. The second-order valence-corrected chi connectivity index (χ2v) is 10.6. The number of methoxy groups -OCH3 is 1. The number of benzene rings is 1. The first kappa shape index (κ1) is 28.6. The van der Waals surface area contributed by atoms with Crippen molar-refractivity contribution in [1.29, 1.82) is 0 Å². The molecule has 1 amide bonds. The first-order chi connectivity index (χ1) is 19.2. The van der Waals surface area contributed by atoms with Crippen molar-refractivity contribution in [2.75, 3.05) is 26.8 Å². The number of carbonyl (C=O) groups is 1. The fraction of sp³-hybridized carbons (Fsp3) is 0.600. The molecule has 12 nitrogen and oxygen atoms in total. The average molecular weight is 586 g/mol. The van der Waals surface area contributed by atoms with Crippen LogP contribution >= 0.6 is 11.6 Å². The fourth-order valence-corrected chi connectivity index (χ4v) is 5.85. The van der Waals surface area contributed by atoms with Crippen molar-refractivity contribution in [3.63, 3.8) is 0 Å². The summed E-state index contributed by atoms with van der Waals surface area (Å²) in [6.45, 7) is 0.384. The summed E-state index contributed by atoms with van der Waals surface area (Å²) in [6, 6.07) is 1.61. The number of piperidine rings is 1. The van der Waals surface area contributed by atoms with Gasteiger partial charge in [0.25, 0.3) is 0 Å². The van der Waals surface area contributed by atoms with E-state index < -0.39 is 54.8 Å². The minimum Gasteiger partial charge on any atom is -0.465 e. The Labute approximate surface area is 233 Å². The molecule has 1 aromatic heterocycles. The molecule has 218 valence electrons. The minimum absolute atomic E-state index is 0.0184. The van der Waals surface area contributed by atoms with Crippen molar-refractivity contribution in [2.45, 2.75) is 62.2 Å². The van der Waals surface area contributed by atoms with Crippen LogP contribution in [-0.2, 0) is 14.3 Å². The van der Waals surface area contributed by atoms with Crippen molar-refractivity contribution in [1.82, 2.24) is 19.9 Å². The molecular formula is C25H30ClF2N5O7. The van der Waals surface area contributed by atoms with Crippen LogP contribution in [0.4, 0.5) is 13.6 Å². The lowest BCUT2D eigenvalue weighted by Gasteiger charge is -2.44. The smallest absolute Gasteiger partial charge is 0.407 e. The second kappa shape index (κ2) is 11.9. The predicted molar refractivity (Wildman–Crippen MR) is 136 cm³/mol. The molecule has 0 spiro atoms. The van der Waals surface area contributed by atoms with Gasteiger partial charge in [-0.25, -0.2) is 18.3 Å². The first-order valence-corrected chi connectivity index (χ1v) is 13.3. The Morgan fingerprint density at radius 2 is 1.98 bits per heavy atom. The lowest BCUT2D eigenvalue weighted by Crippen LogP contribution is -2.57. The number of carboxylic acid groups (broad SMARTS) is 1. The maximum Gasteiger partial charge on any atom is 0.407 e. The molecule has 4 heterocycles. The normalized spacial score (nSPS) is 29.4. The largest absolute Gasteiger partial charge is 0.465 e. The molecule has 6 atom stereocenters. The molecule has 2 aromatic rings. The van der Waals surface area contributed by atoms with Crippen LogP contribution < -0.4 is 0 Å². The van der Waals surface area contributed by atoms with E-state index in [9.17, 15) is 28.9 Å². The Balaban J connectivity index is 1.30. The van der Waals surface area contributed by atoms with E-state index in [0.29, 0.717) is 38.8 Å². The van der Waals surface area contributed by atoms with Crippen LogP contribution in [0.5, 0.6) is 0 Å². The molecule has 3 aliphatic heterocycles. The maximum atomic E-state index is 14.5. The van der Waals surface area contributed by atoms with Gasteiger partial charge in [0.15, 0.2) is 11.6 Å². The van der Waals surface area contributed by atoms with Crippen LogP contribution in [-0.4, -0.2) is 104 Å². The van der Waals surface area contributed by atoms with Crippen LogP contribution in [0, 0.1) is 17.6 Å². The third-order valence-electron chi connectivity index (χ3n) is 7.85. The summed E-state index contributed by atoms with van der Waals surface area (Å²) >= 11 is 5.66. The van der Waals surface area contributed by atoms with Crippen LogP contribution in [0.2, 0.25) is 5.02 Å². The predicted octanol–water partition coefficient (Wildman–Crippen LogP) is 2.48. The third kappa shape index (κ3) is 5.50. The molecule has 5 rings (SSSR count). The van der Waals surface area contributed by atoms with Crippen LogP contribution in [0.15, 0.2) is 23.5 Å². The Morgan fingerprint density at radius 3 is 2.65 bits per heavy atom. The number of likely N-dealkylation sites (tertiary alicyclic amines) is 1. The zero-order valence-corrected chi connectivity index (χ0v) is 22.3. The molecule has 1 aromatic carbocycles. The zero-order chi connectivity index (χ0) is 28.6. The van der Waals surface area contributed by atoms with Crippen molar-refractivity contribution >= 4 is 23.4 Å². The van der Waals surface area contributed by atoms with Gasteiger partial charge in [0.1, 0.15) is 36.2 Å². The van der Waals surface area contributed by atoms with Gasteiger partial charge in [0, 0.05) is 44.5 Å². The highest BCUT2D eigenvalue weighted by atomic mass is 35.5. The fourth-order valence-electron chi connectivity index (χ4n) is 5.71. The van der Waals surface area contributed by atoms with Crippen molar-refractivity contribution in [3.8, 4) is 11.3 Å². The van der Waals surface area contributed by atoms with E-state index in [1.807, 2.05) is 0 Å². The lowest BCUT2D eigenvalue weighted by atomic mass is 9.86. The highest BCUT2D eigenvalue weighted by molar-refractivity contribution is 6.30. The summed E-state index contributed by atoms with van der Waals surface area (Å²) in [4.78, 5) is 18.3. The van der Waals surface area contributed by atoms with Gasteiger partial charge in [0.05, 0.1) is 29.6 Å². The number of hydrogen-bond donors (Lipinski definition) is 3. The highest BCUT2D eigenvalue weighted by Gasteiger charge is 2.48. The van der Waals surface area contributed by atoms with Crippen molar-refractivity contribution in [2.24, 2.45) is 11.1 Å². The average Bonchev–Trinajstić information content (AvgIpc) is 3.62. The van der Waals surface area contributed by atoms with E-state index in [-0.39, 0.29) is 28.3 Å². The summed E-state index contributed by atoms with van der Waals surface area (Å²) < 4.78 is 41.6. The number of oxime groups is 1. The van der Waals surface area contributed by atoms with E-state index in [1.165, 1.54) is 35.0 Å².